The maximum absolute atomic E-state index is 11.2. The molecule has 5 nitrogen and oxygen atoms in total. The van der Waals surface area contributed by atoms with Gasteiger partial charge in [0.15, 0.2) is 11.5 Å². The highest BCUT2D eigenvalue weighted by Gasteiger charge is 2.28. The Labute approximate surface area is 110 Å². The Morgan fingerprint density at radius 3 is 2.94 bits per heavy atom. The predicted molar refractivity (Wildman–Crippen MR) is 70.9 cm³/mol. The molecule has 3 rings (SSSR count). The number of nitrogens with zero attached hydrogens (tertiary/aromatic N) is 1. The first-order valence-corrected chi connectivity index (χ1v) is 5.66. The van der Waals surface area contributed by atoms with Crippen LogP contribution in [0.5, 0.6) is 0 Å². The SMILES string of the molecule is Cl.NCC(=O)Nc1ccc2oc(C3CC3)nc2c1. The van der Waals surface area contributed by atoms with Crippen molar-refractivity contribution in [2.75, 3.05) is 11.9 Å². The predicted octanol–water partition coefficient (Wildman–Crippen LogP) is 2.02. The largest absolute Gasteiger partial charge is 0.440 e. The van der Waals surface area contributed by atoms with E-state index in [1.807, 2.05) is 6.07 Å². The number of carbonyl (C=O) groups is 1. The van der Waals surface area contributed by atoms with Crippen molar-refractivity contribution in [2.45, 2.75) is 18.8 Å². The Kier molecular flexibility index (Phi) is 3.54. The smallest absolute Gasteiger partial charge is 0.238 e. The molecule has 0 spiro atoms. The maximum atomic E-state index is 11.2. The number of nitrogens with two attached hydrogens (primary N) is 1. The average molecular weight is 268 g/mol. The molecule has 1 aliphatic rings. The highest BCUT2D eigenvalue weighted by molar-refractivity contribution is 5.93. The number of rotatable bonds is 3. The van der Waals surface area contributed by atoms with Crippen LogP contribution in [0.4, 0.5) is 5.69 Å². The zero-order chi connectivity index (χ0) is 11.8. The molecular formula is C12H14ClN3O2. The molecule has 0 saturated heterocycles. The van der Waals surface area contributed by atoms with Crippen LogP contribution in [0.1, 0.15) is 24.7 Å². The van der Waals surface area contributed by atoms with Gasteiger partial charge in [0.05, 0.1) is 6.54 Å². The minimum absolute atomic E-state index is 0. The van der Waals surface area contributed by atoms with Gasteiger partial charge in [0.1, 0.15) is 5.52 Å². The number of anilines is 1. The number of aromatic nitrogens is 1. The lowest BCUT2D eigenvalue weighted by atomic mass is 10.3. The summed E-state index contributed by atoms with van der Waals surface area (Å²) in [6.07, 6.45) is 2.31. The van der Waals surface area contributed by atoms with E-state index in [2.05, 4.69) is 10.3 Å². The van der Waals surface area contributed by atoms with Crippen molar-refractivity contribution in [3.05, 3.63) is 24.1 Å². The fourth-order valence-electron chi connectivity index (χ4n) is 1.74. The van der Waals surface area contributed by atoms with Crippen LogP contribution in [0.2, 0.25) is 0 Å². The van der Waals surface area contributed by atoms with E-state index in [0.717, 1.165) is 29.8 Å². The lowest BCUT2D eigenvalue weighted by molar-refractivity contribution is -0.114. The van der Waals surface area contributed by atoms with Crippen LogP contribution in [0.25, 0.3) is 11.1 Å². The Hall–Kier alpha value is -1.59. The van der Waals surface area contributed by atoms with E-state index in [0.29, 0.717) is 11.6 Å². The summed E-state index contributed by atoms with van der Waals surface area (Å²) in [5.41, 5.74) is 7.48. The second kappa shape index (κ2) is 4.96. The third-order valence-electron chi connectivity index (χ3n) is 2.80. The number of carbonyl (C=O) groups excluding carboxylic acids is 1. The van der Waals surface area contributed by atoms with Crippen LogP contribution in [0.15, 0.2) is 22.6 Å². The number of amides is 1. The van der Waals surface area contributed by atoms with Gasteiger partial charge in [0, 0.05) is 11.6 Å². The van der Waals surface area contributed by atoms with Crippen LogP contribution in [0.3, 0.4) is 0 Å². The topological polar surface area (TPSA) is 81.2 Å². The van der Waals surface area contributed by atoms with Crippen molar-refractivity contribution in [3.8, 4) is 0 Å². The molecule has 1 aromatic carbocycles. The molecule has 0 unspecified atom stereocenters. The molecule has 0 radical (unpaired) electrons. The van der Waals surface area contributed by atoms with Crippen molar-refractivity contribution in [3.63, 3.8) is 0 Å². The van der Waals surface area contributed by atoms with Crippen molar-refractivity contribution >= 4 is 35.1 Å². The highest BCUT2D eigenvalue weighted by atomic mass is 35.5. The lowest BCUT2D eigenvalue weighted by Crippen LogP contribution is -2.21. The normalized spacial score (nSPS) is 14.3. The number of oxazole rings is 1. The van der Waals surface area contributed by atoms with Gasteiger partial charge in [-0.3, -0.25) is 4.79 Å². The molecule has 1 fully saturated rings. The Morgan fingerprint density at radius 2 is 2.28 bits per heavy atom. The van der Waals surface area contributed by atoms with Gasteiger partial charge in [-0.2, -0.15) is 0 Å². The minimum atomic E-state index is -0.213. The van der Waals surface area contributed by atoms with E-state index in [4.69, 9.17) is 10.2 Å². The first-order valence-electron chi connectivity index (χ1n) is 5.66. The van der Waals surface area contributed by atoms with E-state index < -0.39 is 0 Å². The molecule has 1 aliphatic carbocycles. The fraction of sp³-hybridized carbons (Fsp3) is 0.333. The number of benzene rings is 1. The molecule has 1 amide bonds. The number of hydrogen-bond acceptors (Lipinski definition) is 4. The maximum Gasteiger partial charge on any atom is 0.238 e. The summed E-state index contributed by atoms with van der Waals surface area (Å²) >= 11 is 0. The second-order valence-corrected chi connectivity index (χ2v) is 4.26. The molecule has 1 aromatic heterocycles. The van der Waals surface area contributed by atoms with Crippen LogP contribution in [0, 0.1) is 0 Å². The van der Waals surface area contributed by atoms with Crippen molar-refractivity contribution in [1.82, 2.24) is 4.98 Å². The van der Waals surface area contributed by atoms with Gasteiger partial charge in [0.2, 0.25) is 5.91 Å². The van der Waals surface area contributed by atoms with Crippen LogP contribution in [-0.2, 0) is 4.79 Å². The fourth-order valence-corrected chi connectivity index (χ4v) is 1.74. The zero-order valence-electron chi connectivity index (χ0n) is 9.68. The van der Waals surface area contributed by atoms with Crippen LogP contribution < -0.4 is 11.1 Å². The summed E-state index contributed by atoms with van der Waals surface area (Å²) in [7, 11) is 0. The van der Waals surface area contributed by atoms with Gasteiger partial charge in [-0.05, 0) is 31.0 Å². The Balaban J connectivity index is 0.00000120. The van der Waals surface area contributed by atoms with Crippen molar-refractivity contribution in [2.24, 2.45) is 5.73 Å². The number of fused-ring (bicyclic) bond motifs is 1. The van der Waals surface area contributed by atoms with Crippen molar-refractivity contribution in [1.29, 1.82) is 0 Å². The van der Waals surface area contributed by atoms with E-state index in [1.165, 1.54) is 0 Å². The molecule has 3 N–H and O–H groups in total. The molecule has 6 heteroatoms. The molecule has 0 bridgehead atoms. The number of nitrogens with one attached hydrogen (secondary N) is 1. The van der Waals surface area contributed by atoms with Gasteiger partial charge in [-0.15, -0.1) is 12.4 Å². The van der Waals surface area contributed by atoms with Gasteiger partial charge >= 0.3 is 0 Å². The standard InChI is InChI=1S/C12H13N3O2.ClH/c13-6-11(16)14-8-3-4-10-9(5-8)15-12(17-10)7-1-2-7;/h3-5,7H,1-2,6,13H2,(H,14,16);1H. The summed E-state index contributed by atoms with van der Waals surface area (Å²) in [5, 5.41) is 2.69. The van der Waals surface area contributed by atoms with Crippen molar-refractivity contribution < 1.29 is 9.21 Å². The Bertz CT molecular complexity index is 578. The summed E-state index contributed by atoms with van der Waals surface area (Å²) in [5.74, 6) is 1.09. The molecule has 0 atom stereocenters. The Morgan fingerprint density at radius 1 is 1.50 bits per heavy atom. The minimum Gasteiger partial charge on any atom is -0.440 e. The van der Waals surface area contributed by atoms with Gasteiger partial charge in [-0.1, -0.05) is 0 Å². The average Bonchev–Trinajstić information content (AvgIpc) is 3.09. The quantitative estimate of drug-likeness (QED) is 0.891. The zero-order valence-corrected chi connectivity index (χ0v) is 10.5. The molecule has 1 saturated carbocycles. The van der Waals surface area contributed by atoms with Crippen LogP contribution in [-0.4, -0.2) is 17.4 Å². The van der Waals surface area contributed by atoms with E-state index in [1.54, 1.807) is 12.1 Å². The number of hydrogen-bond donors (Lipinski definition) is 2. The van der Waals surface area contributed by atoms with Gasteiger partial charge in [0.25, 0.3) is 0 Å². The number of halogens is 1. The third-order valence-corrected chi connectivity index (χ3v) is 2.80. The third kappa shape index (κ3) is 2.47. The van der Waals surface area contributed by atoms with E-state index in [9.17, 15) is 4.79 Å². The molecular weight excluding hydrogens is 254 g/mol. The van der Waals surface area contributed by atoms with E-state index in [-0.39, 0.29) is 24.9 Å². The van der Waals surface area contributed by atoms with E-state index >= 15 is 0 Å². The first-order chi connectivity index (χ1) is 8.26. The molecule has 96 valence electrons. The second-order valence-electron chi connectivity index (χ2n) is 4.26. The monoisotopic (exact) mass is 267 g/mol. The molecule has 18 heavy (non-hydrogen) atoms. The summed E-state index contributed by atoms with van der Waals surface area (Å²) in [4.78, 5) is 15.6. The van der Waals surface area contributed by atoms with Gasteiger partial charge in [-0.25, -0.2) is 4.98 Å². The van der Waals surface area contributed by atoms with Gasteiger partial charge < -0.3 is 15.5 Å². The first kappa shape index (κ1) is 12.9. The van der Waals surface area contributed by atoms with Crippen LogP contribution >= 0.6 is 12.4 Å². The molecule has 0 aliphatic heterocycles. The summed E-state index contributed by atoms with van der Waals surface area (Å²) in [6, 6.07) is 5.41. The summed E-state index contributed by atoms with van der Waals surface area (Å²) in [6.45, 7) is -0.0236. The molecule has 2 aromatic rings. The highest BCUT2D eigenvalue weighted by Crippen LogP contribution is 2.40. The molecule has 1 heterocycles. The summed E-state index contributed by atoms with van der Waals surface area (Å²) < 4.78 is 5.63. The lowest BCUT2D eigenvalue weighted by Gasteiger charge is -2.01.